The fraction of sp³-hybridized carbons (Fsp3) is 0.542. The molecule has 1 aliphatic rings. The summed E-state index contributed by atoms with van der Waals surface area (Å²) in [5.74, 6) is 0.0472. The number of benzene rings is 1. The molecular weight excluding hydrogens is 477 g/mol. The molecule has 2 heterocycles. The Hall–Kier alpha value is -2.84. The van der Waals surface area contributed by atoms with E-state index in [1.165, 1.54) is 16.4 Å². The minimum atomic E-state index is -4.17. The highest BCUT2D eigenvalue weighted by Crippen LogP contribution is 2.36. The van der Waals surface area contributed by atoms with Crippen LogP contribution in [0.4, 0.5) is 23.9 Å². The predicted octanol–water partition coefficient (Wildman–Crippen LogP) is 4.27. The maximum atomic E-state index is 12.6. The van der Waals surface area contributed by atoms with Gasteiger partial charge in [-0.3, -0.25) is 9.69 Å². The number of carbonyl (C=O) groups is 1. The van der Waals surface area contributed by atoms with Gasteiger partial charge in [-0.05, 0) is 48.5 Å². The van der Waals surface area contributed by atoms with E-state index in [1.807, 2.05) is 51.1 Å². The van der Waals surface area contributed by atoms with E-state index >= 15 is 0 Å². The Morgan fingerprint density at radius 2 is 1.86 bits per heavy atom. The van der Waals surface area contributed by atoms with E-state index in [4.69, 9.17) is 5.26 Å². The largest absolute Gasteiger partial charge is 0.401 e. The van der Waals surface area contributed by atoms with Gasteiger partial charge in [-0.2, -0.15) is 22.8 Å². The normalized spacial score (nSPS) is 15.7. The van der Waals surface area contributed by atoms with E-state index in [1.54, 1.807) is 0 Å². The van der Waals surface area contributed by atoms with Crippen molar-refractivity contribution in [1.29, 1.82) is 5.26 Å². The lowest BCUT2D eigenvalue weighted by Gasteiger charge is -2.36. The number of rotatable bonds is 9. The number of nitrogens with one attached hydrogen (secondary N) is 2. The lowest BCUT2D eigenvalue weighted by Crippen LogP contribution is -2.49. The van der Waals surface area contributed by atoms with Crippen LogP contribution in [0.5, 0.6) is 0 Å². The molecule has 1 fully saturated rings. The van der Waals surface area contributed by atoms with Crippen LogP contribution in [-0.4, -0.2) is 66.7 Å². The lowest BCUT2D eigenvalue weighted by molar-refractivity contribution is -0.146. The fourth-order valence-electron chi connectivity index (χ4n) is 4.18. The van der Waals surface area contributed by atoms with Gasteiger partial charge in [-0.25, -0.2) is 0 Å². The quantitative estimate of drug-likeness (QED) is 0.492. The van der Waals surface area contributed by atoms with Crippen molar-refractivity contribution in [3.63, 3.8) is 0 Å². The van der Waals surface area contributed by atoms with E-state index in [9.17, 15) is 18.0 Å². The summed E-state index contributed by atoms with van der Waals surface area (Å²) in [6.07, 6.45) is -3.57. The summed E-state index contributed by atoms with van der Waals surface area (Å²) in [6, 6.07) is 9.34. The second-order valence-electron chi connectivity index (χ2n) is 9.10. The number of piperazine rings is 1. The van der Waals surface area contributed by atoms with Gasteiger partial charge in [0.05, 0.1) is 18.3 Å². The minimum absolute atomic E-state index is 0.0460. The first-order valence-electron chi connectivity index (χ1n) is 11.6. The highest BCUT2D eigenvalue weighted by atomic mass is 32.1. The summed E-state index contributed by atoms with van der Waals surface area (Å²) in [7, 11) is 0. The fourth-order valence-corrected chi connectivity index (χ4v) is 5.05. The van der Waals surface area contributed by atoms with Crippen molar-refractivity contribution >= 4 is 28.1 Å². The number of amides is 1. The average Bonchev–Trinajstić information content (AvgIpc) is 3.16. The van der Waals surface area contributed by atoms with Crippen LogP contribution in [0, 0.1) is 24.2 Å². The van der Waals surface area contributed by atoms with Crippen LogP contribution >= 0.6 is 11.5 Å². The van der Waals surface area contributed by atoms with Gasteiger partial charge in [0.2, 0.25) is 5.91 Å². The number of carbonyl (C=O) groups excluding carboxylic acids is 1. The highest BCUT2D eigenvalue weighted by molar-refractivity contribution is 7.11. The van der Waals surface area contributed by atoms with Crippen LogP contribution in [0.2, 0.25) is 0 Å². The molecule has 7 nitrogen and oxygen atoms in total. The molecule has 0 radical (unpaired) electrons. The van der Waals surface area contributed by atoms with Gasteiger partial charge in [0, 0.05) is 37.4 Å². The zero-order chi connectivity index (χ0) is 25.6. The molecule has 1 aromatic carbocycles. The Labute approximate surface area is 208 Å². The number of hydrogen-bond acceptors (Lipinski definition) is 7. The molecule has 2 N–H and O–H groups in total. The average molecular weight is 509 g/mol. The molecule has 1 saturated heterocycles. The summed E-state index contributed by atoms with van der Waals surface area (Å²) < 4.78 is 42.4. The number of alkyl halides is 3. The van der Waals surface area contributed by atoms with Crippen LogP contribution < -0.4 is 15.5 Å². The summed E-state index contributed by atoms with van der Waals surface area (Å²) >= 11 is 1.29. The second-order valence-corrected chi connectivity index (χ2v) is 9.87. The molecule has 1 aliphatic heterocycles. The van der Waals surface area contributed by atoms with Crippen molar-refractivity contribution in [2.75, 3.05) is 49.5 Å². The van der Waals surface area contributed by atoms with Gasteiger partial charge in [-0.15, -0.1) is 0 Å². The topological polar surface area (TPSA) is 84.3 Å². The van der Waals surface area contributed by atoms with Crippen molar-refractivity contribution in [1.82, 2.24) is 14.6 Å². The Morgan fingerprint density at radius 3 is 2.43 bits per heavy atom. The molecule has 2 aromatic rings. The molecule has 1 aromatic heterocycles. The Bertz CT molecular complexity index is 1020. The van der Waals surface area contributed by atoms with E-state index in [2.05, 4.69) is 19.9 Å². The number of aromatic nitrogens is 1. The highest BCUT2D eigenvalue weighted by Gasteiger charge is 2.32. The maximum Gasteiger partial charge on any atom is 0.401 e. The third-order valence-corrected chi connectivity index (χ3v) is 6.70. The van der Waals surface area contributed by atoms with Crippen LogP contribution in [0.3, 0.4) is 0 Å². The van der Waals surface area contributed by atoms with Crippen molar-refractivity contribution in [2.45, 2.75) is 39.4 Å². The van der Waals surface area contributed by atoms with Gasteiger partial charge in [-0.1, -0.05) is 26.0 Å². The molecule has 0 bridgehead atoms. The van der Waals surface area contributed by atoms with Crippen LogP contribution in [0.1, 0.15) is 26.0 Å². The van der Waals surface area contributed by atoms with Crippen molar-refractivity contribution in [2.24, 2.45) is 5.92 Å². The first-order valence-corrected chi connectivity index (χ1v) is 12.4. The second kappa shape index (κ2) is 11.7. The standard InChI is InChI=1S/C24H31F3N6OS/c1-16(2)14-20(22(34)29-9-8-28)30-23-21(17(3)31-35-23)18-4-6-19(7-5-18)33-12-10-32(11-13-33)15-24(25,26)27/h4-7,16,20,30H,9-15H2,1-3H3,(H,29,34)/t20-/m0/s1. The van der Waals surface area contributed by atoms with E-state index < -0.39 is 18.8 Å². The summed E-state index contributed by atoms with van der Waals surface area (Å²) in [4.78, 5) is 16.1. The predicted molar refractivity (Wildman–Crippen MR) is 132 cm³/mol. The van der Waals surface area contributed by atoms with Crippen LogP contribution in [0.15, 0.2) is 24.3 Å². The van der Waals surface area contributed by atoms with Crippen molar-refractivity contribution < 1.29 is 18.0 Å². The van der Waals surface area contributed by atoms with Crippen LogP contribution in [-0.2, 0) is 4.79 Å². The molecule has 3 rings (SSSR count). The molecule has 190 valence electrons. The molecule has 0 unspecified atom stereocenters. The number of nitriles is 1. The Balaban J connectivity index is 1.72. The molecule has 1 amide bonds. The molecule has 11 heteroatoms. The Kier molecular flexibility index (Phi) is 8.97. The smallest absolute Gasteiger partial charge is 0.369 e. The van der Waals surface area contributed by atoms with E-state index in [0.29, 0.717) is 32.6 Å². The molecule has 35 heavy (non-hydrogen) atoms. The van der Waals surface area contributed by atoms with Gasteiger partial charge >= 0.3 is 6.18 Å². The maximum absolute atomic E-state index is 12.6. The molecule has 1 atom stereocenters. The number of halogens is 3. The van der Waals surface area contributed by atoms with Gasteiger partial charge in [0.25, 0.3) is 0 Å². The first-order chi connectivity index (χ1) is 16.6. The summed E-state index contributed by atoms with van der Waals surface area (Å²) in [5.41, 5.74) is 3.66. The van der Waals surface area contributed by atoms with Crippen molar-refractivity contribution in [3.8, 4) is 17.2 Å². The molecule has 0 aliphatic carbocycles. The zero-order valence-electron chi connectivity index (χ0n) is 20.2. The third-order valence-electron chi connectivity index (χ3n) is 5.83. The Morgan fingerprint density at radius 1 is 1.20 bits per heavy atom. The lowest BCUT2D eigenvalue weighted by atomic mass is 10.0. The van der Waals surface area contributed by atoms with Crippen molar-refractivity contribution in [3.05, 3.63) is 30.0 Å². The molecule has 0 spiro atoms. The third kappa shape index (κ3) is 7.57. The number of hydrogen-bond donors (Lipinski definition) is 2. The monoisotopic (exact) mass is 508 g/mol. The van der Waals surface area contributed by atoms with E-state index in [-0.39, 0.29) is 18.4 Å². The molecule has 0 saturated carbocycles. The number of anilines is 2. The summed E-state index contributed by atoms with van der Waals surface area (Å²) in [5, 5.41) is 15.5. The SMILES string of the molecule is Cc1nsc(N[C@@H](CC(C)C)C(=O)NCC#N)c1-c1ccc(N2CCN(CC(F)(F)F)CC2)cc1. The number of nitrogens with zero attached hydrogens (tertiary/aromatic N) is 4. The minimum Gasteiger partial charge on any atom is -0.369 e. The zero-order valence-corrected chi connectivity index (χ0v) is 21.0. The first kappa shape index (κ1) is 26.8. The van der Waals surface area contributed by atoms with Crippen LogP contribution in [0.25, 0.3) is 11.1 Å². The summed E-state index contributed by atoms with van der Waals surface area (Å²) in [6.45, 7) is 6.88. The van der Waals surface area contributed by atoms with Gasteiger partial charge in [0.1, 0.15) is 17.6 Å². The van der Waals surface area contributed by atoms with Gasteiger partial charge < -0.3 is 15.5 Å². The van der Waals surface area contributed by atoms with E-state index in [0.717, 1.165) is 27.5 Å². The number of aryl methyl sites for hydroxylation is 1. The van der Waals surface area contributed by atoms with Gasteiger partial charge in [0.15, 0.2) is 0 Å². The molecular formula is C24H31F3N6OS.